The molecule has 0 bridgehead atoms. The standard InChI is InChI=1S/C17H21ClF2N4O5S2/c1-28-16(30)21-8-12-9-24(17(25)29-12)11-6-13(19)15(14(20)7-11)22-2-4-23(5-3-22)31(26,27)10-18/h6-7,12H,2-5,8-10H2,1H3,(H,21,30). The van der Waals surface area contributed by atoms with E-state index in [2.05, 4.69) is 5.32 Å². The number of rotatable bonds is 6. The summed E-state index contributed by atoms with van der Waals surface area (Å²) < 4.78 is 64.5. The van der Waals surface area contributed by atoms with Crippen molar-refractivity contribution in [1.29, 1.82) is 0 Å². The molecule has 0 saturated carbocycles. The van der Waals surface area contributed by atoms with Gasteiger partial charge in [0.25, 0.3) is 5.17 Å². The maximum Gasteiger partial charge on any atom is 0.414 e. The first-order chi connectivity index (χ1) is 14.7. The van der Waals surface area contributed by atoms with Crippen LogP contribution in [-0.4, -0.2) is 81.7 Å². The van der Waals surface area contributed by atoms with Gasteiger partial charge in [0.2, 0.25) is 10.0 Å². The van der Waals surface area contributed by atoms with Crippen molar-refractivity contribution in [2.45, 2.75) is 6.10 Å². The van der Waals surface area contributed by atoms with Crippen molar-refractivity contribution in [3.63, 3.8) is 0 Å². The largest absolute Gasteiger partial charge is 0.474 e. The number of sulfonamides is 1. The third-order valence-electron chi connectivity index (χ3n) is 4.93. The van der Waals surface area contributed by atoms with Crippen molar-refractivity contribution in [3.05, 3.63) is 23.8 Å². The summed E-state index contributed by atoms with van der Waals surface area (Å²) in [5, 5.41) is 2.34. The number of benzene rings is 1. The van der Waals surface area contributed by atoms with Crippen molar-refractivity contribution in [3.8, 4) is 0 Å². The summed E-state index contributed by atoms with van der Waals surface area (Å²) in [5.41, 5.74) is -0.258. The molecule has 2 heterocycles. The van der Waals surface area contributed by atoms with E-state index >= 15 is 0 Å². The molecule has 14 heteroatoms. The fourth-order valence-corrected chi connectivity index (χ4v) is 4.73. The number of hydrogen-bond acceptors (Lipinski definition) is 7. The monoisotopic (exact) mass is 498 g/mol. The summed E-state index contributed by atoms with van der Waals surface area (Å²) >= 11 is 10.3. The first-order valence-electron chi connectivity index (χ1n) is 9.24. The van der Waals surface area contributed by atoms with Crippen LogP contribution in [0.3, 0.4) is 0 Å². The van der Waals surface area contributed by atoms with Crippen molar-refractivity contribution >= 4 is 56.5 Å². The predicted molar refractivity (Wildman–Crippen MR) is 115 cm³/mol. The van der Waals surface area contributed by atoms with Gasteiger partial charge in [0.15, 0.2) is 11.6 Å². The Bertz CT molecular complexity index is 937. The number of piperazine rings is 1. The lowest BCUT2D eigenvalue weighted by molar-refractivity contribution is 0.142. The van der Waals surface area contributed by atoms with Crippen molar-refractivity contribution in [2.75, 3.05) is 61.4 Å². The molecule has 1 aromatic rings. The highest BCUT2D eigenvalue weighted by Crippen LogP contribution is 2.31. The molecular weight excluding hydrogens is 478 g/mol. The first-order valence-corrected chi connectivity index (χ1v) is 11.8. The minimum Gasteiger partial charge on any atom is -0.474 e. The number of amides is 1. The molecule has 1 aromatic carbocycles. The van der Waals surface area contributed by atoms with E-state index in [0.717, 1.165) is 17.0 Å². The predicted octanol–water partition coefficient (Wildman–Crippen LogP) is 1.46. The molecule has 1 amide bonds. The number of carbonyl (C=O) groups excluding carboxylic acids is 1. The Hall–Kier alpha value is -1.96. The quantitative estimate of drug-likeness (QED) is 0.465. The summed E-state index contributed by atoms with van der Waals surface area (Å²) in [6.07, 6.45) is -1.31. The lowest BCUT2D eigenvalue weighted by Gasteiger charge is -2.35. The van der Waals surface area contributed by atoms with E-state index < -0.39 is 39.1 Å². The zero-order valence-electron chi connectivity index (χ0n) is 16.5. The third-order valence-corrected chi connectivity index (χ3v) is 7.50. The molecule has 0 radical (unpaired) electrons. The molecule has 2 aliphatic heterocycles. The van der Waals surface area contributed by atoms with Gasteiger partial charge in [0, 0.05) is 38.3 Å². The number of ether oxygens (including phenoxy) is 2. The van der Waals surface area contributed by atoms with Gasteiger partial charge in [-0.05, 0) is 12.2 Å². The highest BCUT2D eigenvalue weighted by atomic mass is 35.5. The van der Waals surface area contributed by atoms with E-state index in [-0.39, 0.29) is 55.8 Å². The average Bonchev–Trinajstić information content (AvgIpc) is 3.12. The Labute approximate surface area is 188 Å². The first kappa shape index (κ1) is 23.7. The number of hydrogen-bond donors (Lipinski definition) is 1. The zero-order chi connectivity index (χ0) is 22.8. The van der Waals surface area contributed by atoms with E-state index in [4.69, 9.17) is 33.3 Å². The third kappa shape index (κ3) is 5.27. The molecule has 2 aliphatic rings. The van der Waals surface area contributed by atoms with Crippen LogP contribution in [-0.2, 0) is 19.5 Å². The van der Waals surface area contributed by atoms with E-state index in [1.54, 1.807) is 0 Å². The number of halogens is 3. The van der Waals surface area contributed by atoms with Crippen LogP contribution in [0, 0.1) is 11.6 Å². The lowest BCUT2D eigenvalue weighted by atomic mass is 10.2. The average molecular weight is 499 g/mol. The van der Waals surface area contributed by atoms with Gasteiger partial charge in [-0.25, -0.2) is 22.0 Å². The van der Waals surface area contributed by atoms with E-state index in [9.17, 15) is 22.0 Å². The molecule has 31 heavy (non-hydrogen) atoms. The topological polar surface area (TPSA) is 91.4 Å². The minimum absolute atomic E-state index is 0.0175. The molecule has 2 fully saturated rings. The van der Waals surface area contributed by atoms with Gasteiger partial charge in [-0.2, -0.15) is 4.31 Å². The van der Waals surface area contributed by atoms with Crippen molar-refractivity contribution in [1.82, 2.24) is 9.62 Å². The van der Waals surface area contributed by atoms with E-state index in [1.165, 1.54) is 16.3 Å². The fraction of sp³-hybridized carbons (Fsp3) is 0.529. The van der Waals surface area contributed by atoms with Crippen LogP contribution < -0.4 is 15.1 Å². The highest BCUT2D eigenvalue weighted by molar-refractivity contribution is 7.90. The number of nitrogens with zero attached hydrogens (tertiary/aromatic N) is 3. The zero-order valence-corrected chi connectivity index (χ0v) is 18.9. The van der Waals surface area contributed by atoms with Crippen LogP contribution in [0.4, 0.5) is 25.0 Å². The molecule has 1 unspecified atom stereocenters. The summed E-state index contributed by atoms with van der Waals surface area (Å²) in [6, 6.07) is 2.11. The van der Waals surface area contributed by atoms with Gasteiger partial charge >= 0.3 is 6.09 Å². The van der Waals surface area contributed by atoms with Crippen LogP contribution in [0.1, 0.15) is 0 Å². The summed E-state index contributed by atoms with van der Waals surface area (Å²) in [4.78, 5) is 14.7. The van der Waals surface area contributed by atoms with Crippen molar-refractivity contribution in [2.24, 2.45) is 0 Å². The molecule has 172 valence electrons. The van der Waals surface area contributed by atoms with Gasteiger partial charge in [0.05, 0.1) is 25.9 Å². The van der Waals surface area contributed by atoms with Crippen LogP contribution in [0.5, 0.6) is 0 Å². The molecule has 9 nitrogen and oxygen atoms in total. The number of methoxy groups -OCH3 is 1. The number of alkyl halides is 1. The number of thiocarbonyl (C=S) groups is 1. The van der Waals surface area contributed by atoms with E-state index in [1.807, 2.05) is 0 Å². The Balaban J connectivity index is 1.70. The molecule has 0 aromatic heterocycles. The van der Waals surface area contributed by atoms with Gasteiger partial charge in [-0.3, -0.25) is 4.90 Å². The Kier molecular flexibility index (Phi) is 7.39. The lowest BCUT2D eigenvalue weighted by Crippen LogP contribution is -2.49. The molecule has 0 aliphatic carbocycles. The molecule has 1 atom stereocenters. The van der Waals surface area contributed by atoms with Crippen LogP contribution >= 0.6 is 23.8 Å². The van der Waals surface area contributed by atoms with Gasteiger partial charge in [-0.15, -0.1) is 11.6 Å². The van der Waals surface area contributed by atoms with Gasteiger partial charge in [-0.1, -0.05) is 0 Å². The minimum atomic E-state index is -3.58. The molecule has 0 spiro atoms. The molecular formula is C17H21ClF2N4O5S2. The second kappa shape index (κ2) is 9.67. The van der Waals surface area contributed by atoms with Gasteiger partial charge in [0.1, 0.15) is 17.0 Å². The van der Waals surface area contributed by atoms with Crippen LogP contribution in [0.25, 0.3) is 0 Å². The number of anilines is 2. The molecule has 2 saturated heterocycles. The Morgan fingerprint density at radius 1 is 1.29 bits per heavy atom. The smallest absolute Gasteiger partial charge is 0.414 e. The second-order valence-electron chi connectivity index (χ2n) is 6.85. The normalized spacial score (nSPS) is 20.0. The maximum atomic E-state index is 14.8. The summed E-state index contributed by atoms with van der Waals surface area (Å²) in [6.45, 7) is 0.585. The maximum absolute atomic E-state index is 14.8. The van der Waals surface area contributed by atoms with E-state index in [0.29, 0.717) is 0 Å². The fourth-order valence-electron chi connectivity index (χ4n) is 3.38. The summed E-state index contributed by atoms with van der Waals surface area (Å²) in [7, 11) is -2.19. The number of carbonyl (C=O) groups is 1. The SMILES string of the molecule is COC(=S)NCC1CN(c2cc(F)c(N3CCN(S(=O)(=O)CCl)CC3)c(F)c2)C(=O)O1. The number of cyclic esters (lactones) is 1. The number of nitrogens with one attached hydrogen (secondary N) is 1. The second-order valence-corrected chi connectivity index (χ2v) is 9.78. The van der Waals surface area contributed by atoms with Gasteiger partial charge < -0.3 is 19.7 Å². The highest BCUT2D eigenvalue weighted by Gasteiger charge is 2.34. The summed E-state index contributed by atoms with van der Waals surface area (Å²) in [5.74, 6) is -1.72. The van der Waals surface area contributed by atoms with Crippen LogP contribution in [0.2, 0.25) is 0 Å². The van der Waals surface area contributed by atoms with Crippen molar-refractivity contribution < 1.29 is 31.5 Å². The Morgan fingerprint density at radius 2 is 1.90 bits per heavy atom. The molecule has 3 rings (SSSR count). The van der Waals surface area contributed by atoms with Crippen LogP contribution in [0.15, 0.2) is 12.1 Å². The Morgan fingerprint density at radius 3 is 2.45 bits per heavy atom. The molecule has 1 N–H and O–H groups in total.